The van der Waals surface area contributed by atoms with E-state index in [4.69, 9.17) is 0 Å². The van der Waals surface area contributed by atoms with Crippen molar-refractivity contribution in [2.75, 3.05) is 0 Å². The van der Waals surface area contributed by atoms with Crippen LogP contribution in [0.1, 0.15) is 37.8 Å². The minimum Gasteiger partial charge on any atom is -0.390 e. The zero-order valence-corrected chi connectivity index (χ0v) is 12.9. The van der Waals surface area contributed by atoms with Gasteiger partial charge in [-0.05, 0) is 19.4 Å². The predicted molar refractivity (Wildman–Crippen MR) is 78.0 cm³/mol. The summed E-state index contributed by atoms with van der Waals surface area (Å²) in [6, 6.07) is 1.08. The molecule has 2 rings (SSSR count). The molecule has 7 nitrogen and oxygen atoms in total. The number of hydrogen-bond acceptors (Lipinski definition) is 4. The van der Waals surface area contributed by atoms with Crippen molar-refractivity contribution >= 4 is 10.0 Å². The molecule has 1 unspecified atom stereocenters. The Morgan fingerprint density at radius 3 is 2.71 bits per heavy atom. The highest BCUT2D eigenvalue weighted by atomic mass is 32.2. The van der Waals surface area contributed by atoms with Crippen molar-refractivity contribution in [1.82, 2.24) is 19.3 Å². The lowest BCUT2D eigenvalue weighted by Gasteiger charge is -2.14. The van der Waals surface area contributed by atoms with Crippen molar-refractivity contribution in [3.8, 4) is 0 Å². The number of hydrogen-bond donors (Lipinski definition) is 3. The van der Waals surface area contributed by atoms with Crippen LogP contribution in [0, 0.1) is 0 Å². The Labute approximate surface area is 124 Å². The van der Waals surface area contributed by atoms with Gasteiger partial charge in [0, 0.05) is 30.8 Å². The Balaban J connectivity index is 2.27. The molecule has 116 valence electrons. The molecule has 0 amide bonds. The number of aliphatic hydroxyl groups is 1. The summed E-state index contributed by atoms with van der Waals surface area (Å²) in [6.45, 7) is 4.17. The van der Waals surface area contributed by atoms with Crippen LogP contribution in [0.5, 0.6) is 0 Å². The van der Waals surface area contributed by atoms with Crippen molar-refractivity contribution in [2.45, 2.75) is 44.4 Å². The van der Waals surface area contributed by atoms with Gasteiger partial charge in [0.15, 0.2) is 0 Å². The zero-order chi connectivity index (χ0) is 15.5. The number of rotatable bonds is 7. The number of aliphatic hydroxyl groups excluding tert-OH is 1. The lowest BCUT2D eigenvalue weighted by atomic mass is 10.2. The maximum atomic E-state index is 12.4. The first-order chi connectivity index (χ1) is 10.0. The summed E-state index contributed by atoms with van der Waals surface area (Å²) < 4.78 is 29.2. The molecule has 2 heterocycles. The van der Waals surface area contributed by atoms with Crippen LogP contribution >= 0.6 is 0 Å². The van der Waals surface area contributed by atoms with Gasteiger partial charge in [-0.25, -0.2) is 18.1 Å². The molecule has 1 atom stereocenters. The molecule has 2 aromatic heterocycles. The summed E-state index contributed by atoms with van der Waals surface area (Å²) in [6.07, 6.45) is 5.35. The zero-order valence-electron chi connectivity index (χ0n) is 12.1. The second-order valence-corrected chi connectivity index (χ2v) is 6.38. The van der Waals surface area contributed by atoms with Crippen LogP contribution in [-0.4, -0.2) is 28.1 Å². The van der Waals surface area contributed by atoms with Crippen LogP contribution in [0.2, 0.25) is 0 Å². The first-order valence-corrected chi connectivity index (χ1v) is 8.31. The Morgan fingerprint density at radius 2 is 2.24 bits per heavy atom. The molecule has 0 aliphatic rings. The highest BCUT2D eigenvalue weighted by molar-refractivity contribution is 7.89. The lowest BCUT2D eigenvalue weighted by molar-refractivity contribution is 0.271. The third-order valence-corrected chi connectivity index (χ3v) is 4.77. The average Bonchev–Trinajstić information content (AvgIpc) is 3.13. The molecule has 0 fully saturated rings. The number of sulfonamides is 1. The largest absolute Gasteiger partial charge is 0.390 e. The standard InChI is InChI=1S/C13H20N4O3S/c1-3-12(13-14-5-6-15-13)16-21(19,20)11-7-10(9-18)17(4-2)8-11/h5-8,12,16,18H,3-4,9H2,1-2H3,(H,14,15). The Kier molecular flexibility index (Phi) is 4.81. The van der Waals surface area contributed by atoms with Crippen LogP contribution in [0.15, 0.2) is 29.6 Å². The van der Waals surface area contributed by atoms with Gasteiger partial charge in [0.1, 0.15) is 5.82 Å². The van der Waals surface area contributed by atoms with Crippen LogP contribution in [0.4, 0.5) is 0 Å². The van der Waals surface area contributed by atoms with Crippen LogP contribution in [0.3, 0.4) is 0 Å². The third-order valence-electron chi connectivity index (χ3n) is 3.33. The van der Waals surface area contributed by atoms with Crippen molar-refractivity contribution in [1.29, 1.82) is 0 Å². The predicted octanol–water partition coefficient (Wildman–Crippen LogP) is 1.15. The highest BCUT2D eigenvalue weighted by Gasteiger charge is 2.23. The van der Waals surface area contributed by atoms with E-state index < -0.39 is 16.1 Å². The Hall–Kier alpha value is -1.64. The van der Waals surface area contributed by atoms with E-state index in [9.17, 15) is 13.5 Å². The summed E-state index contributed by atoms with van der Waals surface area (Å²) in [5.74, 6) is 0.582. The van der Waals surface area contributed by atoms with Crippen LogP contribution < -0.4 is 4.72 Å². The lowest BCUT2D eigenvalue weighted by Crippen LogP contribution is -2.28. The van der Waals surface area contributed by atoms with Crippen molar-refractivity contribution < 1.29 is 13.5 Å². The van der Waals surface area contributed by atoms with Crippen molar-refractivity contribution in [3.05, 3.63) is 36.2 Å². The maximum absolute atomic E-state index is 12.4. The Morgan fingerprint density at radius 1 is 1.48 bits per heavy atom. The molecule has 3 N–H and O–H groups in total. The molecule has 0 saturated carbocycles. The molecule has 8 heteroatoms. The SMILES string of the molecule is CCC(NS(=O)(=O)c1cc(CO)n(CC)c1)c1ncc[nH]1. The van der Waals surface area contributed by atoms with Gasteiger partial charge < -0.3 is 14.7 Å². The monoisotopic (exact) mass is 312 g/mol. The molecule has 0 saturated heterocycles. The van der Waals surface area contributed by atoms with E-state index >= 15 is 0 Å². The van der Waals surface area contributed by atoms with Crippen LogP contribution in [0.25, 0.3) is 0 Å². The second kappa shape index (κ2) is 6.42. The number of aromatic amines is 1. The molecular weight excluding hydrogens is 292 g/mol. The Bertz CT molecular complexity index is 655. The first-order valence-electron chi connectivity index (χ1n) is 6.83. The van der Waals surface area contributed by atoms with Gasteiger partial charge in [0.25, 0.3) is 0 Å². The number of aromatic nitrogens is 3. The fourth-order valence-electron chi connectivity index (χ4n) is 2.15. The number of H-pyrrole nitrogens is 1. The van der Waals surface area contributed by atoms with Gasteiger partial charge in [-0.2, -0.15) is 0 Å². The van der Waals surface area contributed by atoms with Gasteiger partial charge in [-0.15, -0.1) is 0 Å². The number of aryl methyl sites for hydroxylation is 1. The van der Waals surface area contributed by atoms with Gasteiger partial charge in [0.05, 0.1) is 17.5 Å². The van der Waals surface area contributed by atoms with Gasteiger partial charge >= 0.3 is 0 Å². The van der Waals surface area contributed by atoms with Crippen molar-refractivity contribution in [3.63, 3.8) is 0 Å². The minimum atomic E-state index is -3.66. The summed E-state index contributed by atoms with van der Waals surface area (Å²) in [5.41, 5.74) is 0.573. The molecule has 0 spiro atoms. The maximum Gasteiger partial charge on any atom is 0.242 e. The van der Waals surface area contributed by atoms with Gasteiger partial charge in [-0.3, -0.25) is 0 Å². The summed E-state index contributed by atoms with van der Waals surface area (Å²) in [7, 11) is -3.66. The molecule has 0 radical (unpaired) electrons. The van der Waals surface area contributed by atoms with E-state index in [1.54, 1.807) is 17.0 Å². The normalized spacial score (nSPS) is 13.5. The quantitative estimate of drug-likeness (QED) is 0.714. The van der Waals surface area contributed by atoms with Crippen molar-refractivity contribution in [2.24, 2.45) is 0 Å². The van der Waals surface area contributed by atoms with E-state index in [1.165, 1.54) is 12.3 Å². The first kappa shape index (κ1) is 15.7. The topological polar surface area (TPSA) is 100 Å². The second-order valence-electron chi connectivity index (χ2n) is 4.67. The molecule has 21 heavy (non-hydrogen) atoms. The summed E-state index contributed by atoms with van der Waals surface area (Å²) >= 11 is 0. The number of nitrogens with zero attached hydrogens (tertiary/aromatic N) is 2. The molecular formula is C13H20N4O3S. The fraction of sp³-hybridized carbons (Fsp3) is 0.462. The molecule has 0 bridgehead atoms. The van der Waals surface area contributed by atoms with Gasteiger partial charge in [-0.1, -0.05) is 6.92 Å². The molecule has 2 aromatic rings. The summed E-state index contributed by atoms with van der Waals surface area (Å²) in [4.78, 5) is 7.16. The molecule has 0 aliphatic carbocycles. The molecule has 0 aromatic carbocycles. The highest BCUT2D eigenvalue weighted by Crippen LogP contribution is 2.19. The van der Waals surface area contributed by atoms with E-state index in [1.807, 2.05) is 13.8 Å². The van der Waals surface area contributed by atoms with Gasteiger partial charge in [0.2, 0.25) is 10.0 Å². The number of imidazole rings is 1. The molecule has 0 aliphatic heterocycles. The fourth-order valence-corrected chi connectivity index (χ4v) is 3.50. The third kappa shape index (κ3) is 3.34. The van der Waals surface area contributed by atoms with E-state index in [0.29, 0.717) is 24.5 Å². The minimum absolute atomic E-state index is 0.151. The summed E-state index contributed by atoms with van der Waals surface area (Å²) in [5, 5.41) is 9.26. The average molecular weight is 312 g/mol. The smallest absolute Gasteiger partial charge is 0.242 e. The van der Waals surface area contributed by atoms with Crippen LogP contribution in [-0.2, 0) is 23.2 Å². The van der Waals surface area contributed by atoms with E-state index in [-0.39, 0.29) is 11.5 Å². The van der Waals surface area contributed by atoms with E-state index in [2.05, 4.69) is 14.7 Å². The number of nitrogens with one attached hydrogen (secondary N) is 2. The van der Waals surface area contributed by atoms with E-state index in [0.717, 1.165) is 0 Å².